The molecule has 1 atom stereocenters. The second-order valence-corrected chi connectivity index (χ2v) is 6.41. The number of nitrogens with zero attached hydrogens (tertiary/aromatic N) is 1. The maximum atomic E-state index is 13.2. The van der Waals surface area contributed by atoms with Gasteiger partial charge in [0, 0.05) is 11.4 Å². The van der Waals surface area contributed by atoms with Crippen molar-refractivity contribution in [3.8, 4) is 5.75 Å². The molecule has 3 aromatic rings. The second kappa shape index (κ2) is 6.60. The molecule has 0 aromatic heterocycles. The van der Waals surface area contributed by atoms with Crippen LogP contribution in [0.4, 0.5) is 24.5 Å². The number of aromatic hydroxyl groups is 1. The van der Waals surface area contributed by atoms with Crippen molar-refractivity contribution in [1.29, 1.82) is 0 Å². The highest BCUT2D eigenvalue weighted by atomic mass is 19.4. The van der Waals surface area contributed by atoms with Gasteiger partial charge in [-0.3, -0.25) is 9.69 Å². The first-order chi connectivity index (χ1) is 13.3. The molecule has 0 saturated carbocycles. The molecule has 2 N–H and O–H groups in total. The molecule has 142 valence electrons. The number of hydrogen-bond acceptors (Lipinski definition) is 3. The molecule has 1 heterocycles. The number of nitrogens with one attached hydrogen (secondary N) is 1. The minimum Gasteiger partial charge on any atom is -0.508 e. The third kappa shape index (κ3) is 3.15. The maximum absolute atomic E-state index is 13.2. The average Bonchev–Trinajstić information content (AvgIpc) is 2.67. The summed E-state index contributed by atoms with van der Waals surface area (Å²) in [5.74, 6) is -0.434. The molecule has 1 aliphatic heterocycles. The fourth-order valence-corrected chi connectivity index (χ4v) is 3.28. The fourth-order valence-electron chi connectivity index (χ4n) is 3.28. The van der Waals surface area contributed by atoms with Crippen molar-refractivity contribution >= 4 is 17.3 Å². The number of carbonyl (C=O) groups excluding carboxylic acids is 1. The first kappa shape index (κ1) is 17.9. The Balaban J connectivity index is 1.87. The average molecular weight is 384 g/mol. The molecule has 0 radical (unpaired) electrons. The molecule has 4 rings (SSSR count). The Bertz CT molecular complexity index is 1050. The molecule has 3 aromatic carbocycles. The summed E-state index contributed by atoms with van der Waals surface area (Å²) in [7, 11) is 0. The molecule has 0 fully saturated rings. The lowest BCUT2D eigenvalue weighted by molar-refractivity contribution is -0.137. The Labute approximate surface area is 158 Å². The van der Waals surface area contributed by atoms with Gasteiger partial charge in [-0.1, -0.05) is 30.3 Å². The minimum absolute atomic E-state index is 0.00500. The van der Waals surface area contributed by atoms with Crippen LogP contribution in [0.15, 0.2) is 72.8 Å². The Morgan fingerprint density at radius 1 is 0.929 bits per heavy atom. The van der Waals surface area contributed by atoms with Crippen molar-refractivity contribution in [2.45, 2.75) is 12.3 Å². The second-order valence-electron chi connectivity index (χ2n) is 6.41. The summed E-state index contributed by atoms with van der Waals surface area (Å²) in [4.78, 5) is 14.5. The van der Waals surface area contributed by atoms with Gasteiger partial charge in [0.15, 0.2) is 0 Å². The number of halogens is 3. The summed E-state index contributed by atoms with van der Waals surface area (Å²) in [5.41, 5.74) is 0.738. The van der Waals surface area contributed by atoms with E-state index in [2.05, 4.69) is 5.32 Å². The van der Waals surface area contributed by atoms with E-state index < -0.39 is 23.8 Å². The normalized spacial score (nSPS) is 16.5. The van der Waals surface area contributed by atoms with Gasteiger partial charge in [-0.2, -0.15) is 13.2 Å². The lowest BCUT2D eigenvalue weighted by Crippen LogP contribution is -2.43. The molecule has 1 amide bonds. The number of anilines is 2. The molecule has 0 unspecified atom stereocenters. The van der Waals surface area contributed by atoms with E-state index in [0.29, 0.717) is 16.8 Å². The van der Waals surface area contributed by atoms with Gasteiger partial charge in [0.2, 0.25) is 0 Å². The van der Waals surface area contributed by atoms with Gasteiger partial charge in [-0.25, -0.2) is 0 Å². The van der Waals surface area contributed by atoms with Crippen LogP contribution in [-0.4, -0.2) is 11.0 Å². The lowest BCUT2D eigenvalue weighted by Gasteiger charge is -2.38. The Kier molecular flexibility index (Phi) is 4.22. The smallest absolute Gasteiger partial charge is 0.416 e. The van der Waals surface area contributed by atoms with Crippen molar-refractivity contribution in [2.75, 3.05) is 10.2 Å². The molecule has 4 nitrogen and oxygen atoms in total. The number of rotatable bonds is 2. The molecule has 0 saturated heterocycles. The lowest BCUT2D eigenvalue weighted by atomic mass is 10.0. The maximum Gasteiger partial charge on any atom is 0.416 e. The van der Waals surface area contributed by atoms with Crippen LogP contribution in [0.25, 0.3) is 0 Å². The van der Waals surface area contributed by atoms with Crippen molar-refractivity contribution < 1.29 is 23.1 Å². The van der Waals surface area contributed by atoms with Crippen LogP contribution in [0, 0.1) is 0 Å². The molecular weight excluding hydrogens is 369 g/mol. The van der Waals surface area contributed by atoms with Crippen LogP contribution in [0.2, 0.25) is 0 Å². The van der Waals surface area contributed by atoms with E-state index in [-0.39, 0.29) is 11.4 Å². The number of carbonyl (C=O) groups is 1. The van der Waals surface area contributed by atoms with E-state index in [1.807, 2.05) is 0 Å². The molecule has 28 heavy (non-hydrogen) atoms. The van der Waals surface area contributed by atoms with E-state index >= 15 is 0 Å². The summed E-state index contributed by atoms with van der Waals surface area (Å²) in [5, 5.41) is 13.0. The molecular formula is C21H15F3N2O2. The van der Waals surface area contributed by atoms with E-state index in [1.165, 1.54) is 29.2 Å². The number of para-hydroxylation sites is 1. The van der Waals surface area contributed by atoms with Gasteiger partial charge >= 0.3 is 6.18 Å². The van der Waals surface area contributed by atoms with E-state index in [9.17, 15) is 23.1 Å². The highest BCUT2D eigenvalue weighted by Crippen LogP contribution is 2.39. The standard InChI is InChI=1S/C21H15F3N2O2/c22-21(23,24)14-6-4-7-15(12-14)26-19(13-5-3-8-16(27)11-13)25-18-10-2-1-9-17(18)20(26)28/h1-12,19,25,27H/t19-/m1/s1. The van der Waals surface area contributed by atoms with Gasteiger partial charge in [-0.15, -0.1) is 0 Å². The van der Waals surface area contributed by atoms with Crippen LogP contribution in [0.5, 0.6) is 5.75 Å². The largest absolute Gasteiger partial charge is 0.508 e. The first-order valence-electron chi connectivity index (χ1n) is 8.50. The Morgan fingerprint density at radius 2 is 1.68 bits per heavy atom. The number of amides is 1. The zero-order chi connectivity index (χ0) is 19.9. The van der Waals surface area contributed by atoms with Crippen LogP contribution in [0.1, 0.15) is 27.7 Å². The number of hydrogen-bond donors (Lipinski definition) is 2. The third-order valence-corrected chi connectivity index (χ3v) is 4.56. The topological polar surface area (TPSA) is 52.6 Å². The first-order valence-corrected chi connectivity index (χ1v) is 8.50. The van der Waals surface area contributed by atoms with Gasteiger partial charge in [0.1, 0.15) is 11.9 Å². The summed E-state index contributed by atoms with van der Waals surface area (Å²) >= 11 is 0. The zero-order valence-corrected chi connectivity index (χ0v) is 14.4. The minimum atomic E-state index is -4.53. The molecule has 0 spiro atoms. The predicted molar refractivity (Wildman–Crippen MR) is 99.2 cm³/mol. The Hall–Kier alpha value is -3.48. The van der Waals surface area contributed by atoms with Gasteiger partial charge in [0.05, 0.1) is 11.1 Å². The monoisotopic (exact) mass is 384 g/mol. The van der Waals surface area contributed by atoms with Gasteiger partial charge < -0.3 is 10.4 Å². The summed E-state index contributed by atoms with van der Waals surface area (Å²) < 4.78 is 39.6. The highest BCUT2D eigenvalue weighted by molar-refractivity contribution is 6.12. The zero-order valence-electron chi connectivity index (χ0n) is 14.4. The van der Waals surface area contributed by atoms with Crippen molar-refractivity contribution in [2.24, 2.45) is 0 Å². The SMILES string of the molecule is O=C1c2ccccc2N[C@@H](c2cccc(O)c2)N1c1cccc(C(F)(F)F)c1. The van der Waals surface area contributed by atoms with Crippen LogP contribution in [-0.2, 0) is 6.18 Å². The number of phenolic OH excluding ortho intramolecular Hbond substituents is 1. The molecule has 7 heteroatoms. The summed E-state index contributed by atoms with van der Waals surface area (Å²) in [6.45, 7) is 0. The van der Waals surface area contributed by atoms with Crippen LogP contribution >= 0.6 is 0 Å². The van der Waals surface area contributed by atoms with Crippen molar-refractivity contribution in [3.05, 3.63) is 89.5 Å². The van der Waals surface area contributed by atoms with Crippen molar-refractivity contribution in [3.63, 3.8) is 0 Å². The number of phenols is 1. The number of benzene rings is 3. The van der Waals surface area contributed by atoms with E-state index in [0.717, 1.165) is 12.1 Å². The molecule has 1 aliphatic rings. The van der Waals surface area contributed by atoms with Crippen molar-refractivity contribution in [1.82, 2.24) is 0 Å². The number of alkyl halides is 3. The van der Waals surface area contributed by atoms with E-state index in [4.69, 9.17) is 0 Å². The predicted octanol–water partition coefficient (Wildman–Crippen LogP) is 5.18. The van der Waals surface area contributed by atoms with E-state index in [1.54, 1.807) is 36.4 Å². The van der Waals surface area contributed by atoms with Gasteiger partial charge in [-0.05, 0) is 48.0 Å². The molecule has 0 bridgehead atoms. The number of fused-ring (bicyclic) bond motifs is 1. The highest BCUT2D eigenvalue weighted by Gasteiger charge is 2.36. The quantitative estimate of drug-likeness (QED) is 0.640. The fraction of sp³-hybridized carbons (Fsp3) is 0.0952. The third-order valence-electron chi connectivity index (χ3n) is 4.56. The van der Waals surface area contributed by atoms with Crippen LogP contribution < -0.4 is 10.2 Å². The molecule has 0 aliphatic carbocycles. The summed E-state index contributed by atoms with van der Waals surface area (Å²) in [6.07, 6.45) is -5.31. The Morgan fingerprint density at radius 3 is 2.43 bits per heavy atom. The van der Waals surface area contributed by atoms with Crippen LogP contribution in [0.3, 0.4) is 0 Å². The summed E-state index contributed by atoms with van der Waals surface area (Å²) in [6, 6.07) is 17.7. The van der Waals surface area contributed by atoms with Gasteiger partial charge in [0.25, 0.3) is 5.91 Å².